The van der Waals surface area contributed by atoms with Crippen molar-refractivity contribution in [1.29, 1.82) is 0 Å². The van der Waals surface area contributed by atoms with Gasteiger partial charge in [-0.2, -0.15) is 0 Å². The van der Waals surface area contributed by atoms with Crippen molar-refractivity contribution < 1.29 is 4.42 Å². The quantitative estimate of drug-likeness (QED) is 0.198. The lowest BCUT2D eigenvalue weighted by molar-refractivity contribution is -0.0399. The second-order valence-electron chi connectivity index (χ2n) is 15.5. The fraction of sp³-hybridized carbons (Fsp3) is 0.304. The Morgan fingerprint density at radius 2 is 1.46 bits per heavy atom. The van der Waals surface area contributed by atoms with Gasteiger partial charge < -0.3 is 9.32 Å². The number of allylic oxidation sites excluding steroid dienone is 7. The van der Waals surface area contributed by atoms with Crippen LogP contribution in [0.5, 0.6) is 0 Å². The highest BCUT2D eigenvalue weighted by atomic mass is 16.3. The molecule has 0 saturated heterocycles. The van der Waals surface area contributed by atoms with E-state index in [4.69, 9.17) is 4.42 Å². The maximum Gasteiger partial charge on any atom is 0.135 e. The molecule has 4 bridgehead atoms. The summed E-state index contributed by atoms with van der Waals surface area (Å²) in [5.74, 6) is 3.45. The molecule has 0 amide bonds. The summed E-state index contributed by atoms with van der Waals surface area (Å²) >= 11 is 0. The fourth-order valence-corrected chi connectivity index (χ4v) is 11.6. The van der Waals surface area contributed by atoms with Crippen molar-refractivity contribution in [1.82, 2.24) is 0 Å². The van der Waals surface area contributed by atoms with Gasteiger partial charge >= 0.3 is 0 Å². The summed E-state index contributed by atoms with van der Waals surface area (Å²) in [6, 6.07) is 32.0. The molecule has 4 aromatic carbocycles. The van der Waals surface area contributed by atoms with E-state index in [1.807, 2.05) is 6.07 Å². The molecule has 7 aliphatic carbocycles. The number of fused-ring (bicyclic) bond motifs is 6. The average molecular weight is 624 g/mol. The molecule has 0 radical (unpaired) electrons. The minimum atomic E-state index is 0.182. The zero-order valence-electron chi connectivity index (χ0n) is 27.5. The van der Waals surface area contributed by atoms with Crippen molar-refractivity contribution in [2.75, 3.05) is 4.90 Å². The molecule has 2 nitrogen and oxygen atoms in total. The lowest BCUT2D eigenvalue weighted by Gasteiger charge is -2.61. The van der Waals surface area contributed by atoms with E-state index in [2.05, 4.69) is 114 Å². The van der Waals surface area contributed by atoms with E-state index in [1.54, 1.807) is 11.1 Å². The number of hydrogen-bond donors (Lipinski definition) is 0. The zero-order valence-corrected chi connectivity index (χ0v) is 27.5. The predicted octanol–water partition coefficient (Wildman–Crippen LogP) is 12.1. The molecule has 1 aromatic heterocycles. The predicted molar refractivity (Wildman–Crippen MR) is 198 cm³/mol. The van der Waals surface area contributed by atoms with Gasteiger partial charge in [-0.3, -0.25) is 0 Å². The molecule has 1 spiro atoms. The molecule has 0 N–H and O–H groups in total. The minimum absolute atomic E-state index is 0.182. The Labute approximate surface area is 283 Å². The molecule has 2 heteroatoms. The van der Waals surface area contributed by atoms with Gasteiger partial charge in [0.15, 0.2) is 0 Å². The summed E-state index contributed by atoms with van der Waals surface area (Å²) < 4.78 is 6.14. The maximum absolute atomic E-state index is 6.14. The van der Waals surface area contributed by atoms with Gasteiger partial charge in [-0.05, 0) is 146 Å². The molecule has 0 atom stereocenters. The standard InChI is InChI=1S/C46H41NO/c1-2-9-35(10-3-1)47(36-20-17-31(18-21-36)32-19-22-44-39(28-32)37-11-5-7-16-43(37)48-44)42-15-8-14-41-45(42)38-12-4-6-13-40(38)46(41)33-24-29-23-30(26-33)27-34(46)25-29/h2,4-17,19-20,22,28-30,33-34H,1,3,18,21,23-27H2. The Morgan fingerprint density at radius 3 is 2.27 bits per heavy atom. The smallest absolute Gasteiger partial charge is 0.135 e. The summed E-state index contributed by atoms with van der Waals surface area (Å²) in [6.07, 6.45) is 23.4. The third kappa shape index (κ3) is 3.75. The third-order valence-corrected chi connectivity index (χ3v) is 13.2. The van der Waals surface area contributed by atoms with Crippen LogP contribution in [0.2, 0.25) is 0 Å². The molecule has 0 unspecified atom stereocenters. The van der Waals surface area contributed by atoms with Crippen molar-refractivity contribution in [3.05, 3.63) is 143 Å². The minimum Gasteiger partial charge on any atom is -0.456 e. The second-order valence-corrected chi connectivity index (χ2v) is 15.5. The van der Waals surface area contributed by atoms with Crippen LogP contribution in [0.3, 0.4) is 0 Å². The Balaban J connectivity index is 1.05. The van der Waals surface area contributed by atoms with Gasteiger partial charge in [-0.1, -0.05) is 78.9 Å². The molecular formula is C46H41NO. The molecule has 0 aliphatic heterocycles. The first kappa shape index (κ1) is 27.4. The van der Waals surface area contributed by atoms with E-state index in [0.717, 1.165) is 60.5 Å². The van der Waals surface area contributed by atoms with E-state index in [0.29, 0.717) is 0 Å². The first-order valence-electron chi connectivity index (χ1n) is 18.5. The van der Waals surface area contributed by atoms with Crippen LogP contribution >= 0.6 is 0 Å². The molecule has 12 rings (SSSR count). The Kier molecular flexibility index (Phi) is 5.83. The summed E-state index contributed by atoms with van der Waals surface area (Å²) in [5.41, 5.74) is 15.2. The highest BCUT2D eigenvalue weighted by molar-refractivity contribution is 6.05. The Hall–Kier alpha value is -4.56. The number of para-hydroxylation sites is 1. The molecular weight excluding hydrogens is 583 g/mol. The van der Waals surface area contributed by atoms with Crippen molar-refractivity contribution >= 4 is 33.2 Å². The summed E-state index contributed by atoms with van der Waals surface area (Å²) in [7, 11) is 0. The number of anilines is 1. The summed E-state index contributed by atoms with van der Waals surface area (Å²) in [6.45, 7) is 0. The molecule has 1 heterocycles. The number of benzene rings is 4. The van der Waals surface area contributed by atoms with Crippen LogP contribution < -0.4 is 4.90 Å². The van der Waals surface area contributed by atoms with Gasteiger partial charge in [0.2, 0.25) is 0 Å². The first-order chi connectivity index (χ1) is 23.8. The van der Waals surface area contributed by atoms with Crippen LogP contribution in [0.25, 0.3) is 38.6 Å². The molecule has 7 aliphatic rings. The summed E-state index contributed by atoms with van der Waals surface area (Å²) in [5, 5.41) is 2.40. The van der Waals surface area contributed by atoms with Gasteiger partial charge in [0, 0.05) is 33.1 Å². The zero-order chi connectivity index (χ0) is 31.4. The SMILES string of the molecule is C1=CC(N(C2=CC=C(c3ccc4oc5ccccc5c4c3)CC2)c2cccc3c2-c2ccccc2C32C3CC4CC(C3)CC2C4)=CCC1. The van der Waals surface area contributed by atoms with Crippen molar-refractivity contribution in [3.63, 3.8) is 0 Å². The van der Waals surface area contributed by atoms with E-state index in [9.17, 15) is 0 Å². The average Bonchev–Trinajstić information content (AvgIpc) is 3.65. The van der Waals surface area contributed by atoms with Gasteiger partial charge in [0.1, 0.15) is 11.2 Å². The second kappa shape index (κ2) is 10.2. The Morgan fingerprint density at radius 1 is 0.667 bits per heavy atom. The van der Waals surface area contributed by atoms with Gasteiger partial charge in [-0.25, -0.2) is 0 Å². The van der Waals surface area contributed by atoms with Crippen LogP contribution in [0.1, 0.15) is 74.5 Å². The lowest BCUT2D eigenvalue weighted by Crippen LogP contribution is -2.55. The van der Waals surface area contributed by atoms with Crippen molar-refractivity contribution in [2.24, 2.45) is 23.7 Å². The largest absolute Gasteiger partial charge is 0.456 e. The van der Waals surface area contributed by atoms with Crippen LogP contribution in [0, 0.1) is 23.7 Å². The third-order valence-electron chi connectivity index (χ3n) is 13.2. The number of hydrogen-bond acceptors (Lipinski definition) is 2. The van der Waals surface area contributed by atoms with Gasteiger partial charge in [0.25, 0.3) is 0 Å². The van der Waals surface area contributed by atoms with E-state index in [-0.39, 0.29) is 5.41 Å². The summed E-state index contributed by atoms with van der Waals surface area (Å²) in [4.78, 5) is 2.64. The molecule has 4 saturated carbocycles. The van der Waals surface area contributed by atoms with E-state index < -0.39 is 0 Å². The van der Waals surface area contributed by atoms with Crippen LogP contribution in [-0.2, 0) is 5.41 Å². The van der Waals surface area contributed by atoms with Crippen molar-refractivity contribution in [2.45, 2.75) is 63.2 Å². The fourth-order valence-electron chi connectivity index (χ4n) is 11.6. The number of furan rings is 1. The van der Waals surface area contributed by atoms with Gasteiger partial charge in [-0.15, -0.1) is 0 Å². The topological polar surface area (TPSA) is 16.4 Å². The highest BCUT2D eigenvalue weighted by Gasteiger charge is 2.61. The Bertz CT molecular complexity index is 2240. The molecule has 236 valence electrons. The normalized spacial score (nSPS) is 28.0. The number of rotatable bonds is 4. The number of nitrogens with zero attached hydrogens (tertiary/aromatic N) is 1. The van der Waals surface area contributed by atoms with E-state index in [1.165, 1.54) is 82.2 Å². The lowest BCUT2D eigenvalue weighted by atomic mass is 9.43. The van der Waals surface area contributed by atoms with Gasteiger partial charge in [0.05, 0.1) is 5.69 Å². The molecule has 5 aromatic rings. The van der Waals surface area contributed by atoms with Crippen molar-refractivity contribution in [3.8, 4) is 11.1 Å². The molecule has 4 fully saturated rings. The van der Waals surface area contributed by atoms with Crippen LogP contribution in [0.15, 0.2) is 131 Å². The highest BCUT2D eigenvalue weighted by Crippen LogP contribution is 2.70. The maximum atomic E-state index is 6.14. The van der Waals surface area contributed by atoms with Crippen LogP contribution in [-0.4, -0.2) is 0 Å². The first-order valence-corrected chi connectivity index (χ1v) is 18.5. The van der Waals surface area contributed by atoms with Crippen LogP contribution in [0.4, 0.5) is 5.69 Å². The monoisotopic (exact) mass is 623 g/mol. The molecule has 48 heavy (non-hydrogen) atoms. The van der Waals surface area contributed by atoms with E-state index >= 15 is 0 Å².